The van der Waals surface area contributed by atoms with Crippen molar-refractivity contribution in [3.05, 3.63) is 23.4 Å². The smallest absolute Gasteiger partial charge is 0.339 e. The number of methoxy groups -OCH3 is 1. The molecule has 0 amide bonds. The van der Waals surface area contributed by atoms with Crippen LogP contribution in [0.1, 0.15) is 28.8 Å². The van der Waals surface area contributed by atoms with Crippen molar-refractivity contribution in [3.8, 4) is 0 Å². The van der Waals surface area contributed by atoms with E-state index in [-0.39, 0.29) is 5.97 Å². The summed E-state index contributed by atoms with van der Waals surface area (Å²) in [5.41, 5.74) is 1.47. The fraction of sp³-hybridized carbons (Fsp3) is 0.455. The number of aryl methyl sites for hydroxylation is 1. The molecule has 1 heterocycles. The molecule has 0 atom stereocenters. The zero-order valence-electron chi connectivity index (χ0n) is 8.91. The Balaban J connectivity index is 2.17. The molecule has 0 radical (unpaired) electrons. The Bertz CT molecular complexity index is 386. The lowest BCUT2D eigenvalue weighted by Gasteiger charge is -2.08. The summed E-state index contributed by atoms with van der Waals surface area (Å²) >= 11 is 0. The van der Waals surface area contributed by atoms with E-state index < -0.39 is 0 Å². The topological polar surface area (TPSA) is 51.2 Å². The van der Waals surface area contributed by atoms with E-state index in [4.69, 9.17) is 0 Å². The van der Waals surface area contributed by atoms with Gasteiger partial charge in [-0.1, -0.05) is 0 Å². The summed E-state index contributed by atoms with van der Waals surface area (Å²) in [5.74, 6) is 0.522. The Hall–Kier alpha value is -1.58. The van der Waals surface area contributed by atoms with Crippen LogP contribution >= 0.6 is 0 Å². The van der Waals surface area contributed by atoms with Crippen molar-refractivity contribution in [2.45, 2.75) is 25.8 Å². The van der Waals surface area contributed by atoms with E-state index >= 15 is 0 Å². The predicted molar refractivity (Wildman–Crippen MR) is 57.0 cm³/mol. The van der Waals surface area contributed by atoms with Gasteiger partial charge < -0.3 is 10.1 Å². The zero-order chi connectivity index (χ0) is 10.8. The van der Waals surface area contributed by atoms with Gasteiger partial charge in [0.15, 0.2) is 0 Å². The maximum Gasteiger partial charge on any atom is 0.339 e. The Labute approximate surface area is 88.7 Å². The van der Waals surface area contributed by atoms with Gasteiger partial charge in [0, 0.05) is 12.2 Å². The minimum atomic E-state index is -0.344. The highest BCUT2D eigenvalue weighted by Crippen LogP contribution is 2.25. The third kappa shape index (κ3) is 2.26. The molecule has 0 saturated heterocycles. The minimum Gasteiger partial charge on any atom is -0.465 e. The third-order valence-electron chi connectivity index (χ3n) is 2.42. The number of nitrogens with zero attached hydrogens (tertiary/aromatic N) is 1. The van der Waals surface area contributed by atoms with Crippen LogP contribution in [0.5, 0.6) is 0 Å². The molecule has 1 aliphatic carbocycles. The van der Waals surface area contributed by atoms with Crippen LogP contribution in [0.3, 0.4) is 0 Å². The SMILES string of the molecule is COC(=O)c1cnc(NC2CC2)c(C)c1. The summed E-state index contributed by atoms with van der Waals surface area (Å²) in [6, 6.07) is 2.36. The van der Waals surface area contributed by atoms with Crippen molar-refractivity contribution in [3.63, 3.8) is 0 Å². The quantitative estimate of drug-likeness (QED) is 0.765. The number of rotatable bonds is 3. The number of nitrogens with one attached hydrogen (secondary N) is 1. The lowest BCUT2D eigenvalue weighted by atomic mass is 10.2. The first-order chi connectivity index (χ1) is 7.20. The summed E-state index contributed by atoms with van der Waals surface area (Å²) in [5, 5.41) is 3.31. The first-order valence-corrected chi connectivity index (χ1v) is 5.02. The number of esters is 1. The summed E-state index contributed by atoms with van der Waals surface area (Å²) in [6.07, 6.45) is 3.96. The van der Waals surface area contributed by atoms with Crippen LogP contribution in [0.2, 0.25) is 0 Å². The fourth-order valence-electron chi connectivity index (χ4n) is 1.38. The van der Waals surface area contributed by atoms with E-state index in [0.717, 1.165) is 11.4 Å². The van der Waals surface area contributed by atoms with Gasteiger partial charge in [0.1, 0.15) is 5.82 Å². The lowest BCUT2D eigenvalue weighted by molar-refractivity contribution is 0.0600. The highest BCUT2D eigenvalue weighted by atomic mass is 16.5. The number of pyridine rings is 1. The monoisotopic (exact) mass is 206 g/mol. The molecule has 1 N–H and O–H groups in total. The van der Waals surface area contributed by atoms with Gasteiger partial charge >= 0.3 is 5.97 Å². The maximum atomic E-state index is 11.2. The number of carbonyl (C=O) groups is 1. The van der Waals surface area contributed by atoms with Gasteiger partial charge in [-0.15, -0.1) is 0 Å². The van der Waals surface area contributed by atoms with Crippen LogP contribution in [0.15, 0.2) is 12.3 Å². The molecule has 4 heteroatoms. The van der Waals surface area contributed by atoms with E-state index in [1.807, 2.05) is 6.92 Å². The fourth-order valence-corrected chi connectivity index (χ4v) is 1.38. The molecule has 15 heavy (non-hydrogen) atoms. The van der Waals surface area contributed by atoms with E-state index in [2.05, 4.69) is 15.0 Å². The minimum absolute atomic E-state index is 0.344. The summed E-state index contributed by atoms with van der Waals surface area (Å²) in [4.78, 5) is 15.4. The largest absolute Gasteiger partial charge is 0.465 e. The number of ether oxygens (including phenoxy) is 1. The van der Waals surface area contributed by atoms with Crippen LogP contribution in [0.4, 0.5) is 5.82 Å². The predicted octanol–water partition coefficient (Wildman–Crippen LogP) is 1.75. The van der Waals surface area contributed by atoms with Crippen molar-refractivity contribution in [1.29, 1.82) is 0 Å². The molecule has 0 aromatic carbocycles. The molecule has 80 valence electrons. The molecular weight excluding hydrogens is 192 g/mol. The third-order valence-corrected chi connectivity index (χ3v) is 2.42. The van der Waals surface area contributed by atoms with Crippen LogP contribution in [0.25, 0.3) is 0 Å². The number of anilines is 1. The van der Waals surface area contributed by atoms with Gasteiger partial charge in [0.25, 0.3) is 0 Å². The van der Waals surface area contributed by atoms with Gasteiger partial charge in [0.2, 0.25) is 0 Å². The van der Waals surface area contributed by atoms with E-state index in [9.17, 15) is 4.79 Å². The maximum absolute atomic E-state index is 11.2. The molecule has 4 nitrogen and oxygen atoms in total. The van der Waals surface area contributed by atoms with Crippen LogP contribution in [-0.4, -0.2) is 24.1 Å². The average Bonchev–Trinajstić information content (AvgIpc) is 3.04. The van der Waals surface area contributed by atoms with Crippen molar-refractivity contribution in [2.24, 2.45) is 0 Å². The second kappa shape index (κ2) is 3.88. The van der Waals surface area contributed by atoms with E-state index in [1.165, 1.54) is 20.0 Å². The van der Waals surface area contributed by atoms with Gasteiger partial charge in [-0.3, -0.25) is 0 Å². The molecule has 2 rings (SSSR count). The summed E-state index contributed by atoms with van der Waals surface area (Å²) in [6.45, 7) is 1.93. The second-order valence-electron chi connectivity index (χ2n) is 3.80. The van der Waals surface area contributed by atoms with Gasteiger partial charge in [-0.05, 0) is 31.4 Å². The van der Waals surface area contributed by atoms with Crippen molar-refractivity contribution < 1.29 is 9.53 Å². The molecule has 1 fully saturated rings. The van der Waals surface area contributed by atoms with Crippen LogP contribution in [-0.2, 0) is 4.74 Å². The average molecular weight is 206 g/mol. The molecule has 1 aliphatic rings. The molecule has 0 bridgehead atoms. The first-order valence-electron chi connectivity index (χ1n) is 5.02. The Morgan fingerprint density at radius 2 is 2.33 bits per heavy atom. The number of aromatic nitrogens is 1. The molecular formula is C11H14N2O2. The summed E-state index contributed by atoms with van der Waals surface area (Å²) in [7, 11) is 1.37. The highest BCUT2D eigenvalue weighted by molar-refractivity contribution is 5.89. The van der Waals surface area contributed by atoms with Gasteiger partial charge in [-0.2, -0.15) is 0 Å². The van der Waals surface area contributed by atoms with Crippen LogP contribution in [0, 0.1) is 6.92 Å². The standard InChI is InChI=1S/C11H14N2O2/c1-7-5-8(11(14)15-2)6-12-10(7)13-9-3-4-9/h5-6,9H,3-4H2,1-2H3,(H,12,13). The van der Waals surface area contributed by atoms with Gasteiger partial charge in [0.05, 0.1) is 12.7 Å². The number of carbonyl (C=O) groups excluding carboxylic acids is 1. The van der Waals surface area contributed by atoms with Crippen molar-refractivity contribution >= 4 is 11.8 Å². The number of hydrogen-bond donors (Lipinski definition) is 1. The Kier molecular flexibility index (Phi) is 2.58. The Morgan fingerprint density at radius 1 is 1.60 bits per heavy atom. The van der Waals surface area contributed by atoms with E-state index in [0.29, 0.717) is 11.6 Å². The highest BCUT2D eigenvalue weighted by Gasteiger charge is 2.22. The molecule has 1 aromatic heterocycles. The molecule has 0 aliphatic heterocycles. The lowest BCUT2D eigenvalue weighted by Crippen LogP contribution is -2.08. The number of hydrogen-bond acceptors (Lipinski definition) is 4. The second-order valence-corrected chi connectivity index (χ2v) is 3.80. The normalized spacial score (nSPS) is 14.8. The summed E-state index contributed by atoms with van der Waals surface area (Å²) < 4.78 is 4.63. The molecule has 1 aromatic rings. The Morgan fingerprint density at radius 3 is 2.87 bits per heavy atom. The molecule has 1 saturated carbocycles. The van der Waals surface area contributed by atoms with Crippen molar-refractivity contribution in [2.75, 3.05) is 12.4 Å². The van der Waals surface area contributed by atoms with Gasteiger partial charge in [-0.25, -0.2) is 9.78 Å². The van der Waals surface area contributed by atoms with Crippen molar-refractivity contribution in [1.82, 2.24) is 4.98 Å². The zero-order valence-corrected chi connectivity index (χ0v) is 8.91. The molecule has 0 spiro atoms. The van der Waals surface area contributed by atoms with E-state index in [1.54, 1.807) is 12.3 Å². The molecule has 0 unspecified atom stereocenters. The first kappa shape index (κ1) is 9.96. The van der Waals surface area contributed by atoms with Crippen LogP contribution < -0.4 is 5.32 Å².